The Morgan fingerprint density at radius 2 is 2.36 bits per heavy atom. The van der Waals surface area contributed by atoms with Crippen LogP contribution in [0.25, 0.3) is 0 Å². The topological polar surface area (TPSA) is 46.3 Å². The molecule has 2 atom stereocenters. The molecule has 0 aromatic heterocycles. The summed E-state index contributed by atoms with van der Waals surface area (Å²) in [5, 5.41) is 0. The van der Waals surface area contributed by atoms with Gasteiger partial charge in [-0.2, -0.15) is 0 Å². The first kappa shape index (κ1) is 11.5. The first-order valence-corrected chi connectivity index (χ1v) is 5.65. The average Bonchev–Trinajstić information content (AvgIpc) is 2.65. The number of nitrogens with zero attached hydrogens (tertiary/aromatic N) is 1. The van der Waals surface area contributed by atoms with Gasteiger partial charge >= 0.3 is 0 Å². The van der Waals surface area contributed by atoms with E-state index in [1.54, 1.807) is 0 Å². The number of nitrogens with two attached hydrogens (primary N) is 1. The molecule has 1 fully saturated rings. The zero-order valence-corrected chi connectivity index (χ0v) is 9.33. The molecule has 14 heavy (non-hydrogen) atoms. The maximum atomic E-state index is 11.8. The third-order valence-electron chi connectivity index (χ3n) is 3.19. The van der Waals surface area contributed by atoms with Gasteiger partial charge in [0.1, 0.15) is 0 Å². The van der Waals surface area contributed by atoms with E-state index < -0.39 is 0 Å². The lowest BCUT2D eigenvalue weighted by Gasteiger charge is -2.18. The molecule has 1 heterocycles. The summed E-state index contributed by atoms with van der Waals surface area (Å²) in [4.78, 5) is 13.7. The molecule has 1 saturated heterocycles. The molecule has 1 aliphatic rings. The molecule has 0 radical (unpaired) electrons. The van der Waals surface area contributed by atoms with Gasteiger partial charge in [-0.15, -0.1) is 0 Å². The fraction of sp³-hybridized carbons (Fsp3) is 0.909. The van der Waals surface area contributed by atoms with Crippen molar-refractivity contribution in [2.24, 2.45) is 17.6 Å². The molecule has 2 unspecified atom stereocenters. The molecule has 0 aliphatic carbocycles. The van der Waals surface area contributed by atoms with Crippen LogP contribution in [-0.2, 0) is 4.79 Å². The van der Waals surface area contributed by atoms with Crippen LogP contribution >= 0.6 is 0 Å². The molecule has 82 valence electrons. The Morgan fingerprint density at radius 1 is 1.64 bits per heavy atom. The molecule has 1 aliphatic heterocycles. The zero-order valence-electron chi connectivity index (χ0n) is 9.33. The highest BCUT2D eigenvalue weighted by atomic mass is 16.2. The van der Waals surface area contributed by atoms with Crippen LogP contribution in [0.15, 0.2) is 0 Å². The van der Waals surface area contributed by atoms with Crippen LogP contribution in [0.5, 0.6) is 0 Å². The van der Waals surface area contributed by atoms with E-state index in [2.05, 4.69) is 13.8 Å². The molecule has 0 saturated carbocycles. The van der Waals surface area contributed by atoms with Gasteiger partial charge in [0.15, 0.2) is 0 Å². The van der Waals surface area contributed by atoms with Crippen molar-refractivity contribution < 1.29 is 4.79 Å². The van der Waals surface area contributed by atoms with Gasteiger partial charge in [-0.25, -0.2) is 0 Å². The van der Waals surface area contributed by atoms with Gasteiger partial charge in [0, 0.05) is 19.5 Å². The SMILES string of the molecule is CCC(C)CC(=O)N1CCC(CN)C1. The third-order valence-corrected chi connectivity index (χ3v) is 3.19. The average molecular weight is 198 g/mol. The van der Waals surface area contributed by atoms with E-state index in [0.717, 1.165) is 25.9 Å². The van der Waals surface area contributed by atoms with Crippen molar-refractivity contribution in [2.75, 3.05) is 19.6 Å². The van der Waals surface area contributed by atoms with Crippen molar-refractivity contribution in [3.05, 3.63) is 0 Å². The Labute approximate surface area is 86.6 Å². The van der Waals surface area contributed by atoms with Gasteiger partial charge in [-0.05, 0) is 24.8 Å². The molecular formula is C11H22N2O. The van der Waals surface area contributed by atoms with Crippen LogP contribution < -0.4 is 5.73 Å². The lowest BCUT2D eigenvalue weighted by Crippen LogP contribution is -2.30. The minimum absolute atomic E-state index is 0.315. The van der Waals surface area contributed by atoms with Crippen LogP contribution in [0, 0.1) is 11.8 Å². The van der Waals surface area contributed by atoms with Crippen LogP contribution in [-0.4, -0.2) is 30.4 Å². The number of hydrogen-bond acceptors (Lipinski definition) is 2. The quantitative estimate of drug-likeness (QED) is 0.738. The van der Waals surface area contributed by atoms with Crippen LogP contribution in [0.3, 0.4) is 0 Å². The second kappa shape index (κ2) is 5.35. The number of hydrogen-bond donors (Lipinski definition) is 1. The normalized spacial score (nSPS) is 23.9. The molecule has 1 amide bonds. The molecule has 0 aromatic rings. The monoisotopic (exact) mass is 198 g/mol. The fourth-order valence-corrected chi connectivity index (χ4v) is 1.82. The molecule has 2 N–H and O–H groups in total. The minimum Gasteiger partial charge on any atom is -0.342 e. The van der Waals surface area contributed by atoms with Crippen molar-refractivity contribution in [1.29, 1.82) is 0 Å². The summed E-state index contributed by atoms with van der Waals surface area (Å²) < 4.78 is 0. The number of rotatable bonds is 4. The first-order valence-electron chi connectivity index (χ1n) is 5.65. The zero-order chi connectivity index (χ0) is 10.6. The van der Waals surface area contributed by atoms with Gasteiger partial charge in [0.2, 0.25) is 5.91 Å². The predicted molar refractivity (Wildman–Crippen MR) is 57.8 cm³/mol. The van der Waals surface area contributed by atoms with Crippen molar-refractivity contribution in [1.82, 2.24) is 4.90 Å². The molecule has 3 nitrogen and oxygen atoms in total. The van der Waals surface area contributed by atoms with E-state index in [1.807, 2.05) is 4.90 Å². The van der Waals surface area contributed by atoms with Crippen molar-refractivity contribution in [3.63, 3.8) is 0 Å². The number of carbonyl (C=O) groups excluding carboxylic acids is 1. The number of carbonyl (C=O) groups is 1. The van der Waals surface area contributed by atoms with Crippen LogP contribution in [0.2, 0.25) is 0 Å². The fourth-order valence-electron chi connectivity index (χ4n) is 1.82. The molecule has 3 heteroatoms. The Morgan fingerprint density at radius 3 is 2.86 bits per heavy atom. The maximum absolute atomic E-state index is 11.8. The highest BCUT2D eigenvalue weighted by Gasteiger charge is 2.25. The van der Waals surface area contributed by atoms with Gasteiger partial charge < -0.3 is 10.6 Å². The van der Waals surface area contributed by atoms with Crippen molar-refractivity contribution in [3.8, 4) is 0 Å². The van der Waals surface area contributed by atoms with Crippen LogP contribution in [0.4, 0.5) is 0 Å². The van der Waals surface area contributed by atoms with Crippen molar-refractivity contribution in [2.45, 2.75) is 33.1 Å². The lowest BCUT2D eigenvalue weighted by atomic mass is 10.0. The Hall–Kier alpha value is -0.570. The van der Waals surface area contributed by atoms with E-state index in [0.29, 0.717) is 30.7 Å². The second-order valence-corrected chi connectivity index (χ2v) is 4.45. The van der Waals surface area contributed by atoms with Gasteiger partial charge in [-0.3, -0.25) is 4.79 Å². The van der Waals surface area contributed by atoms with E-state index in [1.165, 1.54) is 0 Å². The third kappa shape index (κ3) is 2.98. The summed E-state index contributed by atoms with van der Waals surface area (Å²) in [6.45, 7) is 6.77. The standard InChI is InChI=1S/C11H22N2O/c1-3-9(2)6-11(14)13-5-4-10(7-12)8-13/h9-10H,3-8,12H2,1-2H3. The summed E-state index contributed by atoms with van der Waals surface area (Å²) >= 11 is 0. The predicted octanol–water partition coefficient (Wildman–Crippen LogP) is 1.23. The summed E-state index contributed by atoms with van der Waals surface area (Å²) in [5.74, 6) is 1.37. The molecule has 0 spiro atoms. The number of likely N-dealkylation sites (tertiary alicyclic amines) is 1. The van der Waals surface area contributed by atoms with Gasteiger partial charge in [-0.1, -0.05) is 20.3 Å². The summed E-state index contributed by atoms with van der Waals surface area (Å²) in [6.07, 6.45) is 2.87. The van der Waals surface area contributed by atoms with E-state index in [-0.39, 0.29) is 0 Å². The van der Waals surface area contributed by atoms with E-state index >= 15 is 0 Å². The smallest absolute Gasteiger partial charge is 0.222 e. The Balaban J connectivity index is 2.32. The minimum atomic E-state index is 0.315. The largest absolute Gasteiger partial charge is 0.342 e. The summed E-state index contributed by atoms with van der Waals surface area (Å²) in [6, 6.07) is 0. The summed E-state index contributed by atoms with van der Waals surface area (Å²) in [7, 11) is 0. The highest BCUT2D eigenvalue weighted by Crippen LogP contribution is 2.18. The van der Waals surface area contributed by atoms with E-state index in [4.69, 9.17) is 5.73 Å². The first-order chi connectivity index (χ1) is 6.67. The molecular weight excluding hydrogens is 176 g/mol. The van der Waals surface area contributed by atoms with E-state index in [9.17, 15) is 4.79 Å². The molecule has 1 rings (SSSR count). The highest BCUT2D eigenvalue weighted by molar-refractivity contribution is 5.76. The number of amides is 1. The Bertz CT molecular complexity index is 194. The molecule has 0 aromatic carbocycles. The molecule has 0 bridgehead atoms. The van der Waals surface area contributed by atoms with Crippen LogP contribution in [0.1, 0.15) is 33.1 Å². The van der Waals surface area contributed by atoms with Crippen molar-refractivity contribution >= 4 is 5.91 Å². The summed E-state index contributed by atoms with van der Waals surface area (Å²) in [5.41, 5.74) is 5.59. The second-order valence-electron chi connectivity index (χ2n) is 4.45. The van der Waals surface area contributed by atoms with Gasteiger partial charge in [0.05, 0.1) is 0 Å². The van der Waals surface area contributed by atoms with Gasteiger partial charge in [0.25, 0.3) is 0 Å². The lowest BCUT2D eigenvalue weighted by molar-refractivity contribution is -0.131. The Kier molecular flexibility index (Phi) is 4.39. The maximum Gasteiger partial charge on any atom is 0.222 e.